The molecule has 1 N–H and O–H groups in total. The molecule has 0 radical (unpaired) electrons. The van der Waals surface area contributed by atoms with Gasteiger partial charge in [0.15, 0.2) is 11.5 Å². The second kappa shape index (κ2) is 7.35. The summed E-state index contributed by atoms with van der Waals surface area (Å²) in [5, 5.41) is 14.5. The molecule has 0 spiro atoms. The van der Waals surface area contributed by atoms with Crippen LogP contribution in [0.1, 0.15) is 22.0 Å². The largest absolute Gasteiger partial charge is 0.464 e. The average molecular weight is 440 g/mol. The molecule has 0 aliphatic carbocycles. The van der Waals surface area contributed by atoms with Crippen LogP contribution in [-0.4, -0.2) is 39.1 Å². The van der Waals surface area contributed by atoms with Crippen molar-refractivity contribution in [3.63, 3.8) is 0 Å². The van der Waals surface area contributed by atoms with E-state index in [9.17, 15) is 9.59 Å². The van der Waals surface area contributed by atoms with Gasteiger partial charge in [-0.2, -0.15) is 4.68 Å². The summed E-state index contributed by atoms with van der Waals surface area (Å²) in [6.45, 7) is 0. The number of methoxy groups -OCH3 is 1. The molecule has 1 aliphatic heterocycles. The maximum absolute atomic E-state index is 13.4. The summed E-state index contributed by atoms with van der Waals surface area (Å²) in [7, 11) is 1.25. The van der Waals surface area contributed by atoms with E-state index in [0.29, 0.717) is 5.56 Å². The summed E-state index contributed by atoms with van der Waals surface area (Å²) >= 11 is 3.41. The van der Waals surface area contributed by atoms with Crippen LogP contribution in [0.25, 0.3) is 5.70 Å². The van der Waals surface area contributed by atoms with Crippen molar-refractivity contribution in [3.05, 3.63) is 75.8 Å². The topological polar surface area (TPSA) is 99.0 Å². The number of rotatable bonds is 4. The number of tetrazole rings is 1. The Labute approximate surface area is 168 Å². The van der Waals surface area contributed by atoms with Crippen molar-refractivity contribution >= 4 is 39.3 Å². The van der Waals surface area contributed by atoms with Crippen molar-refractivity contribution in [1.82, 2.24) is 20.2 Å². The van der Waals surface area contributed by atoms with Crippen molar-refractivity contribution in [1.29, 1.82) is 0 Å². The molecular weight excluding hydrogens is 426 g/mol. The van der Waals surface area contributed by atoms with Crippen molar-refractivity contribution in [2.75, 3.05) is 12.4 Å². The van der Waals surface area contributed by atoms with Crippen molar-refractivity contribution in [2.24, 2.45) is 0 Å². The molecule has 140 valence electrons. The quantitative estimate of drug-likeness (QED) is 0.492. The third-order valence-electron chi connectivity index (χ3n) is 4.36. The van der Waals surface area contributed by atoms with Gasteiger partial charge in [-0.3, -0.25) is 4.79 Å². The lowest BCUT2D eigenvalue weighted by Gasteiger charge is -2.28. The minimum absolute atomic E-state index is 0.0111. The van der Waals surface area contributed by atoms with E-state index in [0.717, 1.165) is 10.0 Å². The van der Waals surface area contributed by atoms with Crippen LogP contribution in [0.2, 0.25) is 0 Å². The van der Waals surface area contributed by atoms with Gasteiger partial charge >= 0.3 is 5.97 Å². The zero-order chi connectivity index (χ0) is 19.7. The fraction of sp³-hybridized carbons (Fsp3) is 0.105. The summed E-state index contributed by atoms with van der Waals surface area (Å²) in [4.78, 5) is 26.0. The van der Waals surface area contributed by atoms with E-state index < -0.39 is 12.0 Å². The van der Waals surface area contributed by atoms with Gasteiger partial charge in [0, 0.05) is 10.0 Å². The lowest BCUT2D eigenvalue weighted by molar-refractivity contribution is -0.134. The van der Waals surface area contributed by atoms with Crippen LogP contribution < -0.4 is 5.32 Å². The van der Waals surface area contributed by atoms with Crippen LogP contribution in [0.3, 0.4) is 0 Å². The molecule has 0 saturated heterocycles. The predicted octanol–water partition coefficient (Wildman–Crippen LogP) is 2.87. The standard InChI is InChI=1S/C19H14BrN5O3/c1-28-18(27)16-14(17(26)12-5-3-2-4-6-12)15(11-7-9-13(20)10-8-11)21-19-22-23-24-25(16)19/h2-10,15H,1H3,(H,21,22,24)/t15-/m1/s1. The Morgan fingerprint density at radius 1 is 1.11 bits per heavy atom. The van der Waals surface area contributed by atoms with Gasteiger partial charge in [0.1, 0.15) is 0 Å². The lowest BCUT2D eigenvalue weighted by Crippen LogP contribution is -2.31. The first-order chi connectivity index (χ1) is 13.6. The fourth-order valence-electron chi connectivity index (χ4n) is 3.06. The van der Waals surface area contributed by atoms with Crippen LogP contribution >= 0.6 is 15.9 Å². The van der Waals surface area contributed by atoms with Crippen molar-refractivity contribution < 1.29 is 14.3 Å². The van der Waals surface area contributed by atoms with Gasteiger partial charge in [-0.1, -0.05) is 63.5 Å². The first-order valence-corrected chi connectivity index (χ1v) is 9.12. The third kappa shape index (κ3) is 3.09. The number of benzene rings is 2. The van der Waals surface area contributed by atoms with E-state index in [1.807, 2.05) is 30.3 Å². The number of nitrogens with zero attached hydrogens (tertiary/aromatic N) is 4. The first kappa shape index (κ1) is 18.1. The van der Waals surface area contributed by atoms with Crippen LogP contribution in [0.15, 0.2) is 64.6 Å². The number of ether oxygens (including phenoxy) is 1. The highest BCUT2D eigenvalue weighted by Gasteiger charge is 2.38. The van der Waals surface area contributed by atoms with Crippen LogP contribution in [0, 0.1) is 0 Å². The zero-order valence-electron chi connectivity index (χ0n) is 14.7. The Morgan fingerprint density at radius 2 is 1.82 bits per heavy atom. The molecule has 28 heavy (non-hydrogen) atoms. The highest BCUT2D eigenvalue weighted by atomic mass is 79.9. The molecule has 8 nitrogen and oxygen atoms in total. The minimum atomic E-state index is -0.698. The van der Waals surface area contributed by atoms with Gasteiger partial charge in [0.2, 0.25) is 5.95 Å². The summed E-state index contributed by atoms with van der Waals surface area (Å²) in [6, 6.07) is 15.5. The third-order valence-corrected chi connectivity index (χ3v) is 4.89. The monoisotopic (exact) mass is 439 g/mol. The van der Waals surface area contributed by atoms with Gasteiger partial charge in [-0.25, -0.2) is 4.79 Å². The molecule has 2 heterocycles. The molecule has 0 saturated carbocycles. The normalized spacial score (nSPS) is 15.6. The second-order valence-corrected chi connectivity index (χ2v) is 6.91. The molecular formula is C19H14BrN5O3. The Morgan fingerprint density at radius 3 is 2.50 bits per heavy atom. The predicted molar refractivity (Wildman–Crippen MR) is 104 cm³/mol. The van der Waals surface area contributed by atoms with E-state index in [4.69, 9.17) is 4.74 Å². The summed E-state index contributed by atoms with van der Waals surface area (Å²) < 4.78 is 7.02. The number of carbonyl (C=O) groups excluding carboxylic acids is 2. The highest BCUT2D eigenvalue weighted by Crippen LogP contribution is 2.37. The fourth-order valence-corrected chi connectivity index (χ4v) is 3.33. The minimum Gasteiger partial charge on any atom is -0.464 e. The number of ketones is 1. The SMILES string of the molecule is COC(=O)C1=C(C(=O)c2ccccc2)[C@@H](c2ccc(Br)cc2)Nc2nnnn21. The maximum Gasteiger partial charge on any atom is 0.357 e. The van der Waals surface area contributed by atoms with Crippen LogP contribution in [0.4, 0.5) is 5.95 Å². The van der Waals surface area contributed by atoms with Gasteiger partial charge in [0.25, 0.3) is 0 Å². The number of fused-ring (bicyclic) bond motifs is 1. The van der Waals surface area contributed by atoms with Gasteiger partial charge < -0.3 is 10.1 Å². The van der Waals surface area contributed by atoms with E-state index in [1.165, 1.54) is 11.8 Å². The number of nitrogens with one attached hydrogen (secondary N) is 1. The average Bonchev–Trinajstić information content (AvgIpc) is 3.21. The molecule has 0 amide bonds. The summed E-state index contributed by atoms with van der Waals surface area (Å²) in [5.41, 5.74) is 1.42. The van der Waals surface area contributed by atoms with Crippen molar-refractivity contribution in [2.45, 2.75) is 6.04 Å². The zero-order valence-corrected chi connectivity index (χ0v) is 16.3. The van der Waals surface area contributed by atoms with E-state index in [2.05, 4.69) is 36.8 Å². The molecule has 0 bridgehead atoms. The molecule has 2 aromatic carbocycles. The summed E-state index contributed by atoms with van der Waals surface area (Å²) in [5.74, 6) is -0.767. The van der Waals surface area contributed by atoms with E-state index in [1.54, 1.807) is 24.3 Å². The van der Waals surface area contributed by atoms with Gasteiger partial charge in [-0.05, 0) is 28.1 Å². The highest BCUT2D eigenvalue weighted by molar-refractivity contribution is 9.10. The Balaban J connectivity index is 1.96. The number of aromatic nitrogens is 4. The maximum atomic E-state index is 13.4. The molecule has 3 aromatic rings. The van der Waals surface area contributed by atoms with Gasteiger partial charge in [0.05, 0.1) is 18.7 Å². The number of Topliss-reactive ketones (excluding diaryl/α,β-unsaturated/α-hetero) is 1. The Bertz CT molecular complexity index is 1080. The number of halogens is 1. The summed E-state index contributed by atoms with van der Waals surface area (Å²) in [6.07, 6.45) is 0. The van der Waals surface area contributed by atoms with Crippen LogP contribution in [0.5, 0.6) is 0 Å². The number of anilines is 1. The molecule has 1 aromatic heterocycles. The molecule has 4 rings (SSSR count). The molecule has 1 aliphatic rings. The van der Waals surface area contributed by atoms with Gasteiger partial charge in [-0.15, -0.1) is 0 Å². The van der Waals surface area contributed by atoms with Crippen LogP contribution in [-0.2, 0) is 9.53 Å². The Hall–Kier alpha value is -3.33. The van der Waals surface area contributed by atoms with Crippen molar-refractivity contribution in [3.8, 4) is 0 Å². The smallest absolute Gasteiger partial charge is 0.357 e. The van der Waals surface area contributed by atoms with E-state index in [-0.39, 0.29) is 23.0 Å². The second-order valence-electron chi connectivity index (χ2n) is 5.99. The number of carbonyl (C=O) groups is 2. The number of esters is 1. The molecule has 9 heteroatoms. The number of hydrogen-bond acceptors (Lipinski definition) is 7. The molecule has 0 fully saturated rings. The van der Waals surface area contributed by atoms with E-state index >= 15 is 0 Å². The number of hydrogen-bond donors (Lipinski definition) is 1. The molecule has 0 unspecified atom stereocenters. The Kier molecular flexibility index (Phi) is 4.74. The molecule has 1 atom stereocenters. The first-order valence-electron chi connectivity index (χ1n) is 8.33. The lowest BCUT2D eigenvalue weighted by atomic mass is 9.89.